The normalized spacial score (nSPS) is 13.3. The summed E-state index contributed by atoms with van der Waals surface area (Å²) in [5, 5.41) is 22.7. The Morgan fingerprint density at radius 3 is 2.76 bits per heavy atom. The van der Waals surface area contributed by atoms with E-state index in [1.54, 1.807) is 13.0 Å². The zero-order valence-electron chi connectivity index (χ0n) is 11.5. The third kappa shape index (κ3) is 3.10. The Morgan fingerprint density at radius 2 is 2.19 bits per heavy atom. The van der Waals surface area contributed by atoms with Gasteiger partial charge in [-0.15, -0.1) is 0 Å². The number of nitrogens with zero attached hydrogens (tertiary/aromatic N) is 2. The summed E-state index contributed by atoms with van der Waals surface area (Å²) in [6.45, 7) is 1.74. The van der Waals surface area contributed by atoms with Crippen LogP contribution in [-0.2, 0) is 16.0 Å². The lowest BCUT2D eigenvalue weighted by Gasteiger charge is -2.24. The van der Waals surface area contributed by atoms with Crippen LogP contribution < -0.4 is 10.2 Å². The van der Waals surface area contributed by atoms with E-state index in [-0.39, 0.29) is 23.8 Å². The minimum Gasteiger partial charge on any atom is -0.480 e. The number of anilines is 2. The average molecular weight is 293 g/mol. The summed E-state index contributed by atoms with van der Waals surface area (Å²) >= 11 is 0. The number of nitro groups is 1. The minimum absolute atomic E-state index is 0.178. The first-order valence-corrected chi connectivity index (χ1v) is 6.50. The summed E-state index contributed by atoms with van der Waals surface area (Å²) in [6, 6.07) is 2.89. The average Bonchev–Trinajstić information content (AvgIpc) is 2.43. The molecule has 0 bridgehead atoms. The molecular weight excluding hydrogens is 278 g/mol. The van der Waals surface area contributed by atoms with E-state index < -0.39 is 10.9 Å². The van der Waals surface area contributed by atoms with Crippen LogP contribution in [0.25, 0.3) is 0 Å². The number of amides is 1. The van der Waals surface area contributed by atoms with Gasteiger partial charge in [-0.3, -0.25) is 19.7 Å². The van der Waals surface area contributed by atoms with E-state index in [9.17, 15) is 19.7 Å². The van der Waals surface area contributed by atoms with Crippen LogP contribution in [-0.4, -0.2) is 35.0 Å². The molecule has 2 rings (SSSR count). The van der Waals surface area contributed by atoms with Gasteiger partial charge >= 0.3 is 5.97 Å². The van der Waals surface area contributed by atoms with Crippen molar-refractivity contribution in [1.29, 1.82) is 0 Å². The van der Waals surface area contributed by atoms with E-state index in [2.05, 4.69) is 5.32 Å². The number of hydrogen-bond acceptors (Lipinski definition) is 5. The number of aryl methyl sites for hydroxylation is 1. The van der Waals surface area contributed by atoms with Crippen LogP contribution >= 0.6 is 0 Å². The van der Waals surface area contributed by atoms with Gasteiger partial charge < -0.3 is 15.3 Å². The van der Waals surface area contributed by atoms with E-state index in [0.717, 1.165) is 5.56 Å². The maximum absolute atomic E-state index is 11.4. The van der Waals surface area contributed by atoms with E-state index in [0.29, 0.717) is 25.1 Å². The molecule has 0 aliphatic carbocycles. The Balaban J connectivity index is 2.50. The molecule has 1 aromatic rings. The summed E-state index contributed by atoms with van der Waals surface area (Å²) in [6.07, 6.45) is 0.798. The van der Waals surface area contributed by atoms with Gasteiger partial charge in [0.15, 0.2) is 0 Å². The maximum atomic E-state index is 11.4. The smallest absolute Gasteiger partial charge is 0.323 e. The second-order valence-electron chi connectivity index (χ2n) is 4.71. The highest BCUT2D eigenvalue weighted by Gasteiger charge is 2.25. The molecule has 0 spiro atoms. The van der Waals surface area contributed by atoms with E-state index in [1.807, 2.05) is 0 Å². The quantitative estimate of drug-likeness (QED) is 0.626. The predicted octanol–water partition coefficient (Wildman–Crippen LogP) is 1.39. The van der Waals surface area contributed by atoms with Crippen LogP contribution in [0.4, 0.5) is 17.1 Å². The Labute approximate surface area is 120 Å². The molecule has 8 nitrogen and oxygen atoms in total. The lowest BCUT2D eigenvalue weighted by atomic mass is 10.0. The van der Waals surface area contributed by atoms with Crippen molar-refractivity contribution in [3.63, 3.8) is 0 Å². The summed E-state index contributed by atoms with van der Waals surface area (Å²) < 4.78 is 0. The first-order valence-electron chi connectivity index (χ1n) is 6.50. The van der Waals surface area contributed by atoms with Gasteiger partial charge in [0.2, 0.25) is 5.91 Å². The zero-order chi connectivity index (χ0) is 15.6. The monoisotopic (exact) mass is 293 g/mol. The number of carbonyl (C=O) groups excluding carboxylic acids is 1. The molecule has 0 unspecified atom stereocenters. The van der Waals surface area contributed by atoms with Gasteiger partial charge in [0.1, 0.15) is 12.2 Å². The van der Waals surface area contributed by atoms with E-state index >= 15 is 0 Å². The highest BCUT2D eigenvalue weighted by molar-refractivity contribution is 5.95. The summed E-state index contributed by atoms with van der Waals surface area (Å²) in [7, 11) is 0. The lowest BCUT2D eigenvalue weighted by molar-refractivity contribution is -0.384. The Bertz CT molecular complexity index is 614. The van der Waals surface area contributed by atoms with Gasteiger partial charge in [-0.25, -0.2) is 0 Å². The zero-order valence-corrected chi connectivity index (χ0v) is 11.5. The SMILES string of the molecule is CCN(CC(=O)O)c1cc2c(cc1[N+](=O)[O-])NC(=O)CC2. The second kappa shape index (κ2) is 5.78. The third-order valence-corrected chi connectivity index (χ3v) is 3.34. The third-order valence-electron chi connectivity index (χ3n) is 3.34. The number of fused-ring (bicyclic) bond motifs is 1. The topological polar surface area (TPSA) is 113 Å². The van der Waals surface area contributed by atoms with Crippen LogP contribution in [0.5, 0.6) is 0 Å². The number of benzene rings is 1. The molecule has 0 fully saturated rings. The molecule has 112 valence electrons. The van der Waals surface area contributed by atoms with Crippen molar-refractivity contribution in [2.24, 2.45) is 0 Å². The Kier molecular flexibility index (Phi) is 4.06. The fraction of sp³-hybridized carbons (Fsp3) is 0.385. The first kappa shape index (κ1) is 14.8. The van der Waals surface area contributed by atoms with Crippen LogP contribution in [0.3, 0.4) is 0 Å². The molecule has 0 saturated carbocycles. The van der Waals surface area contributed by atoms with Crippen LogP contribution in [0.1, 0.15) is 18.9 Å². The number of aliphatic carboxylic acids is 1. The van der Waals surface area contributed by atoms with Crippen molar-refractivity contribution in [3.05, 3.63) is 27.8 Å². The molecule has 0 atom stereocenters. The van der Waals surface area contributed by atoms with Gasteiger partial charge in [0.05, 0.1) is 10.6 Å². The number of rotatable bonds is 5. The molecule has 0 aromatic heterocycles. The van der Waals surface area contributed by atoms with Gasteiger partial charge in [-0.05, 0) is 25.0 Å². The number of nitrogens with one attached hydrogen (secondary N) is 1. The van der Waals surface area contributed by atoms with Crippen molar-refractivity contribution in [2.75, 3.05) is 23.3 Å². The number of nitro benzene ring substituents is 1. The van der Waals surface area contributed by atoms with Gasteiger partial charge in [0.25, 0.3) is 5.69 Å². The number of likely N-dealkylation sites (N-methyl/N-ethyl adjacent to an activating group) is 1. The van der Waals surface area contributed by atoms with Gasteiger partial charge in [0, 0.05) is 19.0 Å². The molecule has 1 aromatic carbocycles. The van der Waals surface area contributed by atoms with Crippen molar-refractivity contribution in [2.45, 2.75) is 19.8 Å². The molecule has 0 saturated heterocycles. The Morgan fingerprint density at radius 1 is 1.48 bits per heavy atom. The molecule has 21 heavy (non-hydrogen) atoms. The van der Waals surface area contributed by atoms with Crippen LogP contribution in [0.15, 0.2) is 12.1 Å². The van der Waals surface area contributed by atoms with Crippen LogP contribution in [0, 0.1) is 10.1 Å². The molecule has 1 aliphatic heterocycles. The number of hydrogen-bond donors (Lipinski definition) is 2. The highest BCUT2D eigenvalue weighted by atomic mass is 16.6. The largest absolute Gasteiger partial charge is 0.480 e. The van der Waals surface area contributed by atoms with Crippen LogP contribution in [0.2, 0.25) is 0 Å². The second-order valence-corrected chi connectivity index (χ2v) is 4.71. The summed E-state index contributed by atoms with van der Waals surface area (Å²) in [5.74, 6) is -1.24. The highest BCUT2D eigenvalue weighted by Crippen LogP contribution is 2.36. The maximum Gasteiger partial charge on any atom is 0.323 e. The number of carbonyl (C=O) groups is 2. The van der Waals surface area contributed by atoms with Crippen molar-refractivity contribution in [1.82, 2.24) is 0 Å². The standard InChI is InChI=1S/C13H15N3O5/c1-2-15(7-13(18)19)10-5-8-3-4-12(17)14-9(8)6-11(10)16(20)21/h5-6H,2-4,7H2,1H3,(H,14,17)(H,18,19). The molecule has 0 radical (unpaired) electrons. The fourth-order valence-corrected chi connectivity index (χ4v) is 2.33. The molecule has 1 heterocycles. The molecule has 8 heteroatoms. The van der Waals surface area contributed by atoms with Crippen molar-refractivity contribution >= 4 is 28.9 Å². The van der Waals surface area contributed by atoms with Crippen molar-refractivity contribution in [3.8, 4) is 0 Å². The molecule has 1 aliphatic rings. The summed E-state index contributed by atoms with van der Waals surface area (Å²) in [5.41, 5.74) is 1.26. The van der Waals surface area contributed by atoms with E-state index in [1.165, 1.54) is 11.0 Å². The molecule has 1 amide bonds. The Hall–Kier alpha value is -2.64. The predicted molar refractivity (Wildman–Crippen MR) is 75.6 cm³/mol. The first-order chi connectivity index (χ1) is 9.92. The van der Waals surface area contributed by atoms with E-state index in [4.69, 9.17) is 5.11 Å². The summed E-state index contributed by atoms with van der Waals surface area (Å²) in [4.78, 5) is 34.3. The molecule has 2 N–H and O–H groups in total. The van der Waals surface area contributed by atoms with Gasteiger partial charge in [-0.2, -0.15) is 0 Å². The van der Waals surface area contributed by atoms with Gasteiger partial charge in [-0.1, -0.05) is 0 Å². The minimum atomic E-state index is -1.06. The number of carboxylic acid groups (broad SMARTS) is 1. The lowest BCUT2D eigenvalue weighted by Crippen LogP contribution is -2.30. The number of carboxylic acids is 1. The molecular formula is C13H15N3O5. The van der Waals surface area contributed by atoms with Crippen molar-refractivity contribution < 1.29 is 19.6 Å². The fourth-order valence-electron chi connectivity index (χ4n) is 2.33.